The lowest BCUT2D eigenvalue weighted by Crippen LogP contribution is -2.45. The van der Waals surface area contributed by atoms with Crippen molar-refractivity contribution in [2.75, 3.05) is 26.2 Å². The van der Waals surface area contributed by atoms with Crippen LogP contribution in [0.15, 0.2) is 30.3 Å². The summed E-state index contributed by atoms with van der Waals surface area (Å²) in [7, 11) is 0. The van der Waals surface area contributed by atoms with Gasteiger partial charge in [-0.05, 0) is 37.8 Å². The fraction of sp³-hybridized carbons (Fsp3) is 0.611. The fourth-order valence-corrected chi connectivity index (χ4v) is 3.68. The molecule has 2 fully saturated rings. The number of benzene rings is 1. The third kappa shape index (κ3) is 4.03. The largest absolute Gasteiger partial charge is 0.445 e. The van der Waals surface area contributed by atoms with Crippen LogP contribution in [0.3, 0.4) is 0 Å². The molecule has 23 heavy (non-hydrogen) atoms. The predicted octanol–water partition coefficient (Wildman–Crippen LogP) is 2.24. The molecular formula is C18H26N2O3. The first kappa shape index (κ1) is 16.3. The van der Waals surface area contributed by atoms with Gasteiger partial charge < -0.3 is 14.7 Å². The van der Waals surface area contributed by atoms with Gasteiger partial charge in [-0.15, -0.1) is 0 Å². The normalized spacial score (nSPS) is 25.0. The molecule has 0 aliphatic carbocycles. The molecule has 1 aromatic carbocycles. The van der Waals surface area contributed by atoms with Crippen molar-refractivity contribution in [2.45, 2.75) is 44.4 Å². The molecule has 2 aliphatic heterocycles. The number of hydrogen-bond donors (Lipinski definition) is 1. The van der Waals surface area contributed by atoms with Gasteiger partial charge in [-0.25, -0.2) is 4.79 Å². The van der Waals surface area contributed by atoms with Gasteiger partial charge in [0.05, 0.1) is 6.61 Å². The van der Waals surface area contributed by atoms with Crippen LogP contribution in [0.5, 0.6) is 0 Å². The summed E-state index contributed by atoms with van der Waals surface area (Å²) >= 11 is 0. The minimum Gasteiger partial charge on any atom is -0.445 e. The highest BCUT2D eigenvalue weighted by Gasteiger charge is 2.34. The molecule has 1 N–H and O–H groups in total. The van der Waals surface area contributed by atoms with E-state index in [1.165, 1.54) is 0 Å². The zero-order chi connectivity index (χ0) is 16.1. The summed E-state index contributed by atoms with van der Waals surface area (Å²) in [5.41, 5.74) is 1.01. The Morgan fingerprint density at radius 1 is 1.13 bits per heavy atom. The van der Waals surface area contributed by atoms with Gasteiger partial charge >= 0.3 is 6.09 Å². The predicted molar refractivity (Wildman–Crippen MR) is 88.0 cm³/mol. The molecule has 0 spiro atoms. The van der Waals surface area contributed by atoms with Crippen molar-refractivity contribution in [3.63, 3.8) is 0 Å². The number of likely N-dealkylation sites (tertiary alicyclic amines) is 2. The topological polar surface area (TPSA) is 53.0 Å². The third-order valence-corrected chi connectivity index (χ3v) is 4.97. The quantitative estimate of drug-likeness (QED) is 0.905. The van der Waals surface area contributed by atoms with Gasteiger partial charge in [0, 0.05) is 25.2 Å². The van der Waals surface area contributed by atoms with E-state index >= 15 is 0 Å². The van der Waals surface area contributed by atoms with Crippen LogP contribution in [0.4, 0.5) is 4.79 Å². The van der Waals surface area contributed by atoms with E-state index in [0.717, 1.165) is 50.9 Å². The number of amides is 1. The van der Waals surface area contributed by atoms with Crippen molar-refractivity contribution in [2.24, 2.45) is 0 Å². The molecule has 2 atom stereocenters. The highest BCUT2D eigenvalue weighted by Crippen LogP contribution is 2.24. The maximum atomic E-state index is 12.4. The zero-order valence-electron chi connectivity index (χ0n) is 13.6. The Kier molecular flexibility index (Phi) is 5.51. The molecule has 2 heterocycles. The number of hydrogen-bond acceptors (Lipinski definition) is 4. The van der Waals surface area contributed by atoms with E-state index in [-0.39, 0.29) is 24.8 Å². The van der Waals surface area contributed by atoms with Gasteiger partial charge in [-0.1, -0.05) is 30.3 Å². The molecule has 5 heteroatoms. The Bertz CT molecular complexity index is 508. The van der Waals surface area contributed by atoms with Crippen LogP contribution in [0.2, 0.25) is 0 Å². The molecule has 126 valence electrons. The maximum Gasteiger partial charge on any atom is 0.410 e. The van der Waals surface area contributed by atoms with Crippen LogP contribution in [0, 0.1) is 0 Å². The Labute approximate surface area is 137 Å². The summed E-state index contributed by atoms with van der Waals surface area (Å²) in [6.45, 7) is 3.19. The Morgan fingerprint density at radius 3 is 2.65 bits per heavy atom. The van der Waals surface area contributed by atoms with E-state index in [2.05, 4.69) is 4.90 Å². The monoisotopic (exact) mass is 318 g/mol. The first-order valence-corrected chi connectivity index (χ1v) is 8.60. The number of nitrogens with zero attached hydrogens (tertiary/aromatic N) is 2. The molecule has 5 nitrogen and oxygen atoms in total. The van der Waals surface area contributed by atoms with Crippen molar-refractivity contribution < 1.29 is 14.6 Å². The second-order valence-electron chi connectivity index (χ2n) is 6.50. The summed E-state index contributed by atoms with van der Waals surface area (Å²) in [4.78, 5) is 16.6. The summed E-state index contributed by atoms with van der Waals surface area (Å²) < 4.78 is 5.48. The lowest BCUT2D eigenvalue weighted by molar-refractivity contribution is 0.0778. The minimum atomic E-state index is -0.212. The standard InChI is InChI=1S/C18H26N2O3/c21-13-17-9-4-10-19(17)12-16-8-5-11-20(16)18(22)23-14-15-6-2-1-3-7-15/h1-3,6-7,16-17,21H,4-5,8-14H2. The number of carbonyl (C=O) groups is 1. The van der Waals surface area contributed by atoms with Crippen LogP contribution in [-0.2, 0) is 11.3 Å². The maximum absolute atomic E-state index is 12.4. The Balaban J connectivity index is 1.52. The highest BCUT2D eigenvalue weighted by atomic mass is 16.6. The SMILES string of the molecule is O=C(OCc1ccccc1)N1CCCC1CN1CCCC1CO. The summed E-state index contributed by atoms with van der Waals surface area (Å²) in [5, 5.41) is 9.45. The van der Waals surface area contributed by atoms with Crippen LogP contribution in [0.25, 0.3) is 0 Å². The number of ether oxygens (including phenoxy) is 1. The average Bonchev–Trinajstić information content (AvgIpc) is 3.23. The van der Waals surface area contributed by atoms with Crippen molar-refractivity contribution >= 4 is 6.09 Å². The van der Waals surface area contributed by atoms with Gasteiger partial charge in [0.1, 0.15) is 6.61 Å². The van der Waals surface area contributed by atoms with Gasteiger partial charge in [0.2, 0.25) is 0 Å². The second kappa shape index (κ2) is 7.79. The highest BCUT2D eigenvalue weighted by molar-refractivity contribution is 5.68. The van der Waals surface area contributed by atoms with Crippen LogP contribution in [-0.4, -0.2) is 59.3 Å². The van der Waals surface area contributed by atoms with Crippen molar-refractivity contribution in [1.29, 1.82) is 0 Å². The number of rotatable bonds is 5. The molecular weight excluding hydrogens is 292 g/mol. The van der Waals surface area contributed by atoms with Gasteiger partial charge in [-0.2, -0.15) is 0 Å². The summed E-state index contributed by atoms with van der Waals surface area (Å²) in [5.74, 6) is 0. The number of aliphatic hydroxyl groups is 1. The average molecular weight is 318 g/mol. The molecule has 0 saturated carbocycles. The van der Waals surface area contributed by atoms with Crippen LogP contribution in [0.1, 0.15) is 31.2 Å². The molecule has 0 aromatic heterocycles. The van der Waals surface area contributed by atoms with Crippen LogP contribution < -0.4 is 0 Å². The molecule has 3 rings (SSSR count). The molecule has 2 unspecified atom stereocenters. The van der Waals surface area contributed by atoms with E-state index < -0.39 is 0 Å². The van der Waals surface area contributed by atoms with E-state index in [0.29, 0.717) is 6.61 Å². The molecule has 2 saturated heterocycles. The van der Waals surface area contributed by atoms with Gasteiger partial charge in [-0.3, -0.25) is 4.90 Å². The Morgan fingerprint density at radius 2 is 1.87 bits per heavy atom. The minimum absolute atomic E-state index is 0.212. The lowest BCUT2D eigenvalue weighted by atomic mass is 10.2. The second-order valence-corrected chi connectivity index (χ2v) is 6.50. The van der Waals surface area contributed by atoms with Crippen molar-refractivity contribution in [3.8, 4) is 0 Å². The van der Waals surface area contributed by atoms with Crippen molar-refractivity contribution in [1.82, 2.24) is 9.80 Å². The van der Waals surface area contributed by atoms with Gasteiger partial charge in [0.15, 0.2) is 0 Å². The zero-order valence-corrected chi connectivity index (χ0v) is 13.6. The first-order chi connectivity index (χ1) is 11.3. The van der Waals surface area contributed by atoms with Gasteiger partial charge in [0.25, 0.3) is 0 Å². The number of aliphatic hydroxyl groups excluding tert-OH is 1. The van der Waals surface area contributed by atoms with Crippen LogP contribution >= 0.6 is 0 Å². The molecule has 1 amide bonds. The molecule has 0 radical (unpaired) electrons. The van der Waals surface area contributed by atoms with E-state index in [4.69, 9.17) is 4.74 Å². The fourth-order valence-electron chi connectivity index (χ4n) is 3.68. The van der Waals surface area contributed by atoms with E-state index in [1.807, 2.05) is 35.2 Å². The molecule has 2 aliphatic rings. The summed E-state index contributed by atoms with van der Waals surface area (Å²) in [6, 6.07) is 10.3. The lowest BCUT2D eigenvalue weighted by Gasteiger charge is -2.30. The smallest absolute Gasteiger partial charge is 0.410 e. The van der Waals surface area contributed by atoms with E-state index in [9.17, 15) is 9.90 Å². The van der Waals surface area contributed by atoms with Crippen molar-refractivity contribution in [3.05, 3.63) is 35.9 Å². The van der Waals surface area contributed by atoms with E-state index in [1.54, 1.807) is 0 Å². The Hall–Kier alpha value is -1.59. The molecule has 1 aromatic rings. The first-order valence-electron chi connectivity index (χ1n) is 8.60. The molecule has 0 bridgehead atoms. The third-order valence-electron chi connectivity index (χ3n) is 4.97. The number of carbonyl (C=O) groups excluding carboxylic acids is 1. The summed E-state index contributed by atoms with van der Waals surface area (Å²) in [6.07, 6.45) is 4.03.